The number of fused-ring (bicyclic) bond motifs is 3. The molecule has 202 valence electrons. The van der Waals surface area contributed by atoms with Gasteiger partial charge in [0.2, 0.25) is 0 Å². The molecule has 43 heavy (non-hydrogen) atoms. The number of pyridine rings is 1. The van der Waals surface area contributed by atoms with Crippen molar-refractivity contribution in [2.45, 2.75) is 0 Å². The van der Waals surface area contributed by atoms with Crippen LogP contribution in [0.15, 0.2) is 152 Å². The highest BCUT2D eigenvalue weighted by Crippen LogP contribution is 2.40. The molecule has 0 aliphatic carbocycles. The van der Waals surface area contributed by atoms with E-state index in [0.29, 0.717) is 5.82 Å². The van der Waals surface area contributed by atoms with E-state index in [0.717, 1.165) is 39.2 Å². The van der Waals surface area contributed by atoms with E-state index in [1.807, 2.05) is 54.1 Å². The Hall–Kier alpha value is -5.45. The Labute approximate surface area is 253 Å². The molecule has 0 atom stereocenters. The van der Waals surface area contributed by atoms with Crippen molar-refractivity contribution in [3.63, 3.8) is 0 Å². The van der Waals surface area contributed by atoms with Crippen molar-refractivity contribution in [2.24, 2.45) is 0 Å². The van der Waals surface area contributed by atoms with Crippen molar-refractivity contribution in [3.05, 3.63) is 152 Å². The molecule has 0 bridgehead atoms. The minimum Gasteiger partial charge on any atom is -0.265 e. The lowest BCUT2D eigenvalue weighted by Crippen LogP contribution is -1.96. The van der Waals surface area contributed by atoms with Crippen LogP contribution in [0.3, 0.4) is 0 Å². The SMILES string of the molecule is c1ccc(-c2cc(-c3ccc(-c4cccc5c4sc4ccccc45)cc3)nc(-c3ccc(-c4ccncc4)cc3)n2)cc1. The van der Waals surface area contributed by atoms with E-state index in [4.69, 9.17) is 9.97 Å². The van der Waals surface area contributed by atoms with Crippen LogP contribution in [0.2, 0.25) is 0 Å². The fourth-order valence-electron chi connectivity index (χ4n) is 5.63. The largest absolute Gasteiger partial charge is 0.265 e. The van der Waals surface area contributed by atoms with Gasteiger partial charge in [0.05, 0.1) is 11.4 Å². The standard InChI is InChI=1S/C39H25N3S/c1-2-7-29(8-3-1)35-25-36(42-39(41-35)31-19-13-26(14-20-31)27-21-23-40-24-22-27)30-17-15-28(16-18-30)32-10-6-11-34-33-9-4-5-12-37(33)43-38(32)34/h1-25H. The molecule has 0 N–H and O–H groups in total. The van der Waals surface area contributed by atoms with Gasteiger partial charge in [-0.25, -0.2) is 9.97 Å². The van der Waals surface area contributed by atoms with Gasteiger partial charge in [-0.2, -0.15) is 0 Å². The summed E-state index contributed by atoms with van der Waals surface area (Å²) in [4.78, 5) is 14.2. The minimum absolute atomic E-state index is 0.705. The van der Waals surface area contributed by atoms with Crippen molar-refractivity contribution < 1.29 is 0 Å². The Morgan fingerprint density at radius 1 is 0.419 bits per heavy atom. The van der Waals surface area contributed by atoms with E-state index >= 15 is 0 Å². The smallest absolute Gasteiger partial charge is 0.160 e. The van der Waals surface area contributed by atoms with Gasteiger partial charge in [-0.3, -0.25) is 4.98 Å². The fourth-order valence-corrected chi connectivity index (χ4v) is 6.87. The van der Waals surface area contributed by atoms with Gasteiger partial charge in [-0.1, -0.05) is 115 Å². The third-order valence-electron chi connectivity index (χ3n) is 7.85. The Kier molecular flexibility index (Phi) is 6.32. The number of aromatic nitrogens is 3. The molecule has 0 aliphatic rings. The highest BCUT2D eigenvalue weighted by Gasteiger charge is 2.13. The van der Waals surface area contributed by atoms with Gasteiger partial charge in [0.15, 0.2) is 5.82 Å². The number of hydrogen-bond donors (Lipinski definition) is 0. The quantitative estimate of drug-likeness (QED) is 0.208. The maximum absolute atomic E-state index is 5.06. The van der Waals surface area contributed by atoms with Gasteiger partial charge in [0, 0.05) is 49.3 Å². The molecule has 3 aromatic heterocycles. The van der Waals surface area contributed by atoms with E-state index in [1.54, 1.807) is 0 Å². The summed E-state index contributed by atoms with van der Waals surface area (Å²) in [5.74, 6) is 0.705. The van der Waals surface area contributed by atoms with Crippen LogP contribution in [0.1, 0.15) is 0 Å². The number of rotatable bonds is 5. The Morgan fingerprint density at radius 2 is 1.00 bits per heavy atom. The maximum Gasteiger partial charge on any atom is 0.160 e. The zero-order valence-electron chi connectivity index (χ0n) is 23.2. The van der Waals surface area contributed by atoms with Crippen LogP contribution in [-0.4, -0.2) is 15.0 Å². The van der Waals surface area contributed by atoms with Crippen LogP contribution < -0.4 is 0 Å². The topological polar surface area (TPSA) is 38.7 Å². The van der Waals surface area contributed by atoms with E-state index in [1.165, 1.54) is 31.3 Å². The molecule has 3 heterocycles. The highest BCUT2D eigenvalue weighted by atomic mass is 32.1. The molecule has 5 aromatic carbocycles. The molecule has 0 fully saturated rings. The second-order valence-electron chi connectivity index (χ2n) is 10.5. The summed E-state index contributed by atoms with van der Waals surface area (Å²) >= 11 is 1.86. The van der Waals surface area contributed by atoms with Gasteiger partial charge in [-0.15, -0.1) is 11.3 Å². The predicted octanol–water partition coefficient (Wildman–Crippen LogP) is 10.6. The van der Waals surface area contributed by atoms with Gasteiger partial charge >= 0.3 is 0 Å². The lowest BCUT2D eigenvalue weighted by molar-refractivity contribution is 1.18. The number of nitrogens with zero attached hydrogens (tertiary/aromatic N) is 3. The first-order chi connectivity index (χ1) is 21.3. The van der Waals surface area contributed by atoms with Crippen LogP contribution in [0, 0.1) is 0 Å². The normalized spacial score (nSPS) is 11.3. The lowest BCUT2D eigenvalue weighted by atomic mass is 10.00. The lowest BCUT2D eigenvalue weighted by Gasteiger charge is -2.11. The molecule has 0 saturated heterocycles. The first kappa shape index (κ1) is 25.3. The zero-order valence-corrected chi connectivity index (χ0v) is 24.0. The van der Waals surface area contributed by atoms with E-state index in [-0.39, 0.29) is 0 Å². The van der Waals surface area contributed by atoms with E-state index in [9.17, 15) is 0 Å². The van der Waals surface area contributed by atoms with Crippen LogP contribution in [-0.2, 0) is 0 Å². The average molecular weight is 568 g/mol. The third-order valence-corrected chi connectivity index (χ3v) is 9.07. The summed E-state index contributed by atoms with van der Waals surface area (Å²) < 4.78 is 2.64. The maximum atomic E-state index is 5.06. The second-order valence-corrected chi connectivity index (χ2v) is 11.6. The third kappa shape index (κ3) is 4.78. The molecular formula is C39H25N3S. The predicted molar refractivity (Wildman–Crippen MR) is 180 cm³/mol. The number of benzene rings is 5. The van der Waals surface area contributed by atoms with Crippen LogP contribution in [0.5, 0.6) is 0 Å². The van der Waals surface area contributed by atoms with Gasteiger partial charge in [-0.05, 0) is 46.5 Å². The summed E-state index contributed by atoms with van der Waals surface area (Å²) in [6.45, 7) is 0. The Morgan fingerprint density at radius 3 is 1.77 bits per heavy atom. The molecule has 0 spiro atoms. The van der Waals surface area contributed by atoms with Crippen molar-refractivity contribution in [1.82, 2.24) is 15.0 Å². The summed E-state index contributed by atoms with van der Waals surface area (Å²) in [5, 5.41) is 2.63. The van der Waals surface area contributed by atoms with Gasteiger partial charge in [0.25, 0.3) is 0 Å². The Bertz CT molecular complexity index is 2200. The van der Waals surface area contributed by atoms with Crippen molar-refractivity contribution in [2.75, 3.05) is 0 Å². The molecule has 3 nitrogen and oxygen atoms in total. The molecule has 0 saturated carbocycles. The van der Waals surface area contributed by atoms with Crippen molar-refractivity contribution in [1.29, 1.82) is 0 Å². The zero-order chi connectivity index (χ0) is 28.6. The van der Waals surface area contributed by atoms with Crippen LogP contribution >= 0.6 is 11.3 Å². The molecule has 8 rings (SSSR count). The second kappa shape index (κ2) is 10.8. The van der Waals surface area contributed by atoms with E-state index in [2.05, 4.69) is 114 Å². The molecule has 0 unspecified atom stereocenters. The number of thiophene rings is 1. The molecule has 0 radical (unpaired) electrons. The van der Waals surface area contributed by atoms with E-state index < -0.39 is 0 Å². The molecule has 0 amide bonds. The molecular weight excluding hydrogens is 543 g/mol. The first-order valence-corrected chi connectivity index (χ1v) is 15.1. The molecule has 4 heteroatoms. The summed E-state index contributed by atoms with van der Waals surface area (Å²) in [6, 6.07) is 48.9. The summed E-state index contributed by atoms with van der Waals surface area (Å²) in [6.07, 6.45) is 3.63. The summed E-state index contributed by atoms with van der Waals surface area (Å²) in [5.41, 5.74) is 9.62. The van der Waals surface area contributed by atoms with Crippen molar-refractivity contribution in [3.8, 4) is 56.2 Å². The van der Waals surface area contributed by atoms with Gasteiger partial charge in [0.1, 0.15) is 0 Å². The van der Waals surface area contributed by atoms with Crippen molar-refractivity contribution >= 4 is 31.5 Å². The molecule has 0 aliphatic heterocycles. The highest BCUT2D eigenvalue weighted by molar-refractivity contribution is 7.26. The van der Waals surface area contributed by atoms with Crippen LogP contribution in [0.4, 0.5) is 0 Å². The molecule has 8 aromatic rings. The summed E-state index contributed by atoms with van der Waals surface area (Å²) in [7, 11) is 0. The fraction of sp³-hybridized carbons (Fsp3) is 0. The minimum atomic E-state index is 0.705. The van der Waals surface area contributed by atoms with Crippen LogP contribution in [0.25, 0.3) is 76.3 Å². The average Bonchev–Trinajstić information content (AvgIpc) is 3.48. The Balaban J connectivity index is 1.20. The number of hydrogen-bond acceptors (Lipinski definition) is 4. The first-order valence-electron chi connectivity index (χ1n) is 14.3. The van der Waals surface area contributed by atoms with Gasteiger partial charge < -0.3 is 0 Å². The monoisotopic (exact) mass is 567 g/mol.